The van der Waals surface area contributed by atoms with Gasteiger partial charge < -0.3 is 15.5 Å². The molecule has 7 heteroatoms. The van der Waals surface area contributed by atoms with Gasteiger partial charge in [-0.05, 0) is 38.0 Å². The molecule has 1 aliphatic carbocycles. The maximum Gasteiger partial charge on any atom is 0.318 e. The molecule has 1 fully saturated rings. The summed E-state index contributed by atoms with van der Waals surface area (Å²) < 4.78 is 0. The highest BCUT2D eigenvalue weighted by Gasteiger charge is 2.46. The third-order valence-electron chi connectivity index (χ3n) is 6.31. The molecule has 0 radical (unpaired) electrons. The first-order valence-electron chi connectivity index (χ1n) is 10.5. The van der Waals surface area contributed by atoms with Crippen molar-refractivity contribution in [1.29, 1.82) is 0 Å². The van der Waals surface area contributed by atoms with Gasteiger partial charge in [0.1, 0.15) is 0 Å². The van der Waals surface area contributed by atoms with Gasteiger partial charge in [0.2, 0.25) is 0 Å². The van der Waals surface area contributed by atoms with Crippen LogP contribution in [-0.4, -0.2) is 33.1 Å². The van der Waals surface area contributed by atoms with Crippen molar-refractivity contribution < 1.29 is 9.59 Å². The molecule has 3 aromatic rings. The molecule has 1 saturated carbocycles. The van der Waals surface area contributed by atoms with Gasteiger partial charge in [0.05, 0.1) is 17.8 Å². The van der Waals surface area contributed by atoms with Crippen molar-refractivity contribution in [2.24, 2.45) is 0 Å². The average molecular weight is 415 g/mol. The monoisotopic (exact) mass is 415 g/mol. The van der Waals surface area contributed by atoms with Crippen molar-refractivity contribution in [3.63, 3.8) is 0 Å². The van der Waals surface area contributed by atoms with E-state index in [0.29, 0.717) is 23.8 Å². The van der Waals surface area contributed by atoms with Crippen molar-refractivity contribution in [3.8, 4) is 0 Å². The number of H-pyrrole nitrogens is 1. The van der Waals surface area contributed by atoms with E-state index in [1.165, 1.54) is 5.56 Å². The summed E-state index contributed by atoms with van der Waals surface area (Å²) >= 11 is 0. The summed E-state index contributed by atoms with van der Waals surface area (Å²) in [6, 6.07) is 19.3. The zero-order chi connectivity index (χ0) is 21.6. The maximum atomic E-state index is 13.1. The Morgan fingerprint density at radius 1 is 1.06 bits per heavy atom. The highest BCUT2D eigenvalue weighted by atomic mass is 16.2. The largest absolute Gasteiger partial charge is 0.335 e. The molecule has 2 atom stereocenters. The van der Waals surface area contributed by atoms with E-state index in [-0.39, 0.29) is 18.0 Å². The average Bonchev–Trinajstić information content (AvgIpc) is 3.33. The number of hydrogen-bond donors (Lipinski definition) is 3. The van der Waals surface area contributed by atoms with Gasteiger partial charge in [-0.15, -0.1) is 0 Å². The number of fused-ring (bicyclic) bond motifs is 1. The van der Waals surface area contributed by atoms with E-state index < -0.39 is 5.54 Å². The molecular formula is C24H25N5O2. The summed E-state index contributed by atoms with van der Waals surface area (Å²) in [5.74, 6) is 0.621. The zero-order valence-corrected chi connectivity index (χ0v) is 17.6. The molecule has 2 aliphatic rings. The first-order chi connectivity index (χ1) is 14.9. The van der Waals surface area contributed by atoms with Crippen LogP contribution in [0.1, 0.15) is 53.4 Å². The third kappa shape index (κ3) is 3.46. The Kier molecular flexibility index (Phi) is 4.54. The molecule has 0 bridgehead atoms. The number of nitrogens with one attached hydrogen (secondary N) is 3. The number of carbonyl (C=O) groups is 2. The van der Waals surface area contributed by atoms with Crippen molar-refractivity contribution in [2.75, 3.05) is 5.32 Å². The van der Waals surface area contributed by atoms with E-state index in [0.717, 1.165) is 17.7 Å². The molecule has 3 amide bonds. The molecule has 1 aromatic heterocycles. The maximum absolute atomic E-state index is 13.1. The number of aromatic amines is 1. The Morgan fingerprint density at radius 3 is 2.45 bits per heavy atom. The van der Waals surface area contributed by atoms with Crippen LogP contribution in [-0.2, 0) is 12.1 Å². The van der Waals surface area contributed by atoms with Crippen LogP contribution in [0, 0.1) is 0 Å². The van der Waals surface area contributed by atoms with Crippen molar-refractivity contribution in [3.05, 3.63) is 83.0 Å². The normalized spacial score (nSPS) is 20.8. The second kappa shape index (κ2) is 7.27. The van der Waals surface area contributed by atoms with Gasteiger partial charge in [-0.1, -0.05) is 48.5 Å². The van der Waals surface area contributed by atoms with Gasteiger partial charge in [0, 0.05) is 23.1 Å². The summed E-state index contributed by atoms with van der Waals surface area (Å²) in [6.45, 7) is 4.36. The number of anilines is 1. The van der Waals surface area contributed by atoms with Crippen LogP contribution >= 0.6 is 0 Å². The fraction of sp³-hybridized carbons (Fsp3) is 0.292. The van der Waals surface area contributed by atoms with Gasteiger partial charge in [0.25, 0.3) is 5.91 Å². The lowest BCUT2D eigenvalue weighted by molar-refractivity contribution is 0.102. The molecule has 0 spiro atoms. The minimum absolute atomic E-state index is 0.0987. The molecule has 0 saturated heterocycles. The van der Waals surface area contributed by atoms with Crippen LogP contribution in [0.4, 0.5) is 10.6 Å². The van der Waals surface area contributed by atoms with Crippen LogP contribution < -0.4 is 10.6 Å². The number of amides is 3. The second-order valence-electron chi connectivity index (χ2n) is 8.70. The quantitative estimate of drug-likeness (QED) is 0.602. The van der Waals surface area contributed by atoms with E-state index >= 15 is 0 Å². The Bertz CT molecular complexity index is 1120. The van der Waals surface area contributed by atoms with Crippen LogP contribution in [0.3, 0.4) is 0 Å². The Morgan fingerprint density at radius 2 is 1.74 bits per heavy atom. The molecule has 2 aromatic carbocycles. The first kappa shape index (κ1) is 19.4. The molecule has 31 heavy (non-hydrogen) atoms. The number of benzene rings is 2. The summed E-state index contributed by atoms with van der Waals surface area (Å²) in [6.07, 6.45) is 0.954. The van der Waals surface area contributed by atoms with Gasteiger partial charge in [-0.2, -0.15) is 5.10 Å². The fourth-order valence-electron chi connectivity index (χ4n) is 4.37. The molecule has 7 nitrogen and oxygen atoms in total. The van der Waals surface area contributed by atoms with Gasteiger partial charge >= 0.3 is 6.03 Å². The number of carbonyl (C=O) groups excluding carboxylic acids is 2. The smallest absolute Gasteiger partial charge is 0.318 e. The molecule has 3 N–H and O–H groups in total. The number of aromatic nitrogens is 2. The topological polar surface area (TPSA) is 90.1 Å². The highest BCUT2D eigenvalue weighted by Crippen LogP contribution is 2.43. The Balaban J connectivity index is 1.28. The Hall–Kier alpha value is -3.61. The number of urea groups is 1. The number of nitrogens with zero attached hydrogens (tertiary/aromatic N) is 2. The predicted molar refractivity (Wildman–Crippen MR) is 118 cm³/mol. The Labute approximate surface area is 180 Å². The van der Waals surface area contributed by atoms with Crippen LogP contribution in [0.15, 0.2) is 60.7 Å². The minimum atomic E-state index is -0.556. The van der Waals surface area contributed by atoms with E-state index in [9.17, 15) is 9.59 Å². The standard InChI is InChI=1S/C24H25N5O2/c1-24(2)20-18(21(28-27-20)26-22(30)16-11-7-4-8-12-16)14-29(24)23(31)25-19-13-17(19)15-9-5-3-6-10-15/h3-12,17,19H,13-14H2,1-2H3,(H,25,31)(H2,26,27,28,30). The lowest BCUT2D eigenvalue weighted by atomic mass is 10.0. The summed E-state index contributed by atoms with van der Waals surface area (Å²) in [7, 11) is 0. The molecule has 2 heterocycles. The lowest BCUT2D eigenvalue weighted by Crippen LogP contribution is -2.47. The fourth-order valence-corrected chi connectivity index (χ4v) is 4.37. The lowest BCUT2D eigenvalue weighted by Gasteiger charge is -2.32. The van der Waals surface area contributed by atoms with Crippen LogP contribution in [0.5, 0.6) is 0 Å². The number of rotatable bonds is 4. The molecule has 5 rings (SSSR count). The van der Waals surface area contributed by atoms with Crippen LogP contribution in [0.25, 0.3) is 0 Å². The summed E-state index contributed by atoms with van der Waals surface area (Å²) in [4.78, 5) is 27.5. The van der Waals surface area contributed by atoms with Crippen molar-refractivity contribution >= 4 is 17.8 Å². The van der Waals surface area contributed by atoms with Gasteiger partial charge in [-0.25, -0.2) is 4.79 Å². The first-order valence-corrected chi connectivity index (χ1v) is 10.5. The van der Waals surface area contributed by atoms with Gasteiger partial charge in [0.15, 0.2) is 5.82 Å². The summed E-state index contributed by atoms with van der Waals surface area (Å²) in [5.41, 5.74) is 2.96. The molecule has 2 unspecified atom stereocenters. The number of hydrogen-bond acceptors (Lipinski definition) is 3. The minimum Gasteiger partial charge on any atom is -0.335 e. The van der Waals surface area contributed by atoms with Crippen LogP contribution in [0.2, 0.25) is 0 Å². The molecule has 158 valence electrons. The zero-order valence-electron chi connectivity index (χ0n) is 17.6. The highest BCUT2D eigenvalue weighted by molar-refractivity contribution is 6.04. The van der Waals surface area contributed by atoms with E-state index in [2.05, 4.69) is 33.0 Å². The second-order valence-corrected chi connectivity index (χ2v) is 8.70. The van der Waals surface area contributed by atoms with E-state index in [4.69, 9.17) is 0 Å². The van der Waals surface area contributed by atoms with E-state index in [1.54, 1.807) is 17.0 Å². The van der Waals surface area contributed by atoms with Gasteiger partial charge in [-0.3, -0.25) is 9.89 Å². The molecular weight excluding hydrogens is 390 g/mol. The van der Waals surface area contributed by atoms with Crippen molar-refractivity contribution in [1.82, 2.24) is 20.4 Å². The summed E-state index contributed by atoms with van der Waals surface area (Å²) in [5, 5.41) is 13.4. The molecule has 1 aliphatic heterocycles. The predicted octanol–water partition coefficient (Wildman–Crippen LogP) is 3.98. The van der Waals surface area contributed by atoms with Crippen molar-refractivity contribution in [2.45, 2.75) is 44.3 Å². The SMILES string of the molecule is CC1(C)c2[nH]nc(NC(=O)c3ccccc3)c2CN1C(=O)NC1CC1c1ccccc1. The third-order valence-corrected chi connectivity index (χ3v) is 6.31. The van der Waals surface area contributed by atoms with E-state index in [1.807, 2.05) is 50.2 Å².